The first kappa shape index (κ1) is 17.4. The normalized spacial score (nSPS) is 12.0. The van der Waals surface area contributed by atoms with Gasteiger partial charge < -0.3 is 9.84 Å². The number of phenolic OH excluding ortho intramolecular Hbond substituents is 1. The van der Waals surface area contributed by atoms with Gasteiger partial charge in [0.05, 0.1) is 19.0 Å². The van der Waals surface area contributed by atoms with Crippen molar-refractivity contribution in [1.82, 2.24) is 4.68 Å². The average Bonchev–Trinajstić information content (AvgIpc) is 3.04. The molecule has 3 rings (SSSR count). The van der Waals surface area contributed by atoms with E-state index in [1.54, 1.807) is 36.1 Å². The third-order valence-corrected chi connectivity index (χ3v) is 4.98. The number of benzene rings is 2. The van der Waals surface area contributed by atoms with Crippen LogP contribution in [0, 0.1) is 0 Å². The fourth-order valence-corrected chi connectivity index (χ4v) is 3.35. The van der Waals surface area contributed by atoms with Crippen molar-refractivity contribution >= 4 is 33.5 Å². The average molecular weight is 418 g/mol. The third kappa shape index (κ3) is 3.83. The molecule has 1 N–H and O–H groups in total. The smallest absolute Gasteiger partial charge is 0.205 e. The van der Waals surface area contributed by atoms with E-state index < -0.39 is 0 Å². The van der Waals surface area contributed by atoms with Gasteiger partial charge in [0.15, 0.2) is 11.5 Å². The number of aromatic hydroxyl groups is 1. The fraction of sp³-hybridized carbons (Fsp3) is 0.111. The van der Waals surface area contributed by atoms with Crippen LogP contribution >= 0.6 is 27.3 Å². The molecule has 1 heterocycles. The van der Waals surface area contributed by atoms with Crippen molar-refractivity contribution in [3.05, 3.63) is 62.7 Å². The predicted molar refractivity (Wildman–Crippen MR) is 105 cm³/mol. The van der Waals surface area contributed by atoms with Crippen LogP contribution in [0.5, 0.6) is 11.5 Å². The number of hydrogen-bond acceptors (Lipinski definition) is 5. The van der Waals surface area contributed by atoms with Crippen molar-refractivity contribution in [1.29, 1.82) is 0 Å². The van der Waals surface area contributed by atoms with Crippen molar-refractivity contribution in [2.75, 3.05) is 14.2 Å². The van der Waals surface area contributed by atoms with Crippen LogP contribution in [0.4, 0.5) is 0 Å². The molecular formula is C18H16BrN3O2S. The van der Waals surface area contributed by atoms with Crippen LogP contribution in [0.25, 0.3) is 11.3 Å². The molecule has 0 spiro atoms. The number of halogens is 1. The van der Waals surface area contributed by atoms with Gasteiger partial charge in [0, 0.05) is 22.5 Å². The van der Waals surface area contributed by atoms with Gasteiger partial charge in [-0.3, -0.25) is 4.99 Å². The molecule has 0 unspecified atom stereocenters. The van der Waals surface area contributed by atoms with Crippen molar-refractivity contribution in [3.8, 4) is 22.8 Å². The molecule has 0 bridgehead atoms. The second kappa shape index (κ2) is 7.67. The van der Waals surface area contributed by atoms with Crippen molar-refractivity contribution in [2.45, 2.75) is 0 Å². The highest BCUT2D eigenvalue weighted by Crippen LogP contribution is 2.26. The first-order valence-corrected chi connectivity index (χ1v) is 9.10. The van der Waals surface area contributed by atoms with E-state index >= 15 is 0 Å². The zero-order chi connectivity index (χ0) is 17.8. The summed E-state index contributed by atoms with van der Waals surface area (Å²) in [7, 11) is 3.26. The Morgan fingerprint density at radius 2 is 1.96 bits per heavy atom. The Labute approximate surface area is 157 Å². The summed E-state index contributed by atoms with van der Waals surface area (Å²) in [6.45, 7) is 0. The zero-order valence-electron chi connectivity index (χ0n) is 13.7. The predicted octanol–water partition coefficient (Wildman–Crippen LogP) is 4.11. The lowest BCUT2D eigenvalue weighted by Crippen LogP contribution is -2.11. The van der Waals surface area contributed by atoms with Crippen LogP contribution in [-0.2, 0) is 0 Å². The molecule has 0 fully saturated rings. The van der Waals surface area contributed by atoms with E-state index in [4.69, 9.17) is 4.74 Å². The highest BCUT2D eigenvalue weighted by atomic mass is 79.9. The molecule has 0 saturated heterocycles. The van der Waals surface area contributed by atoms with Crippen LogP contribution in [0.15, 0.2) is 62.4 Å². The standard InChI is InChI=1S/C18H16BrN3O2S/c1-20-18-22(15(11-25-18)13-4-6-14(19)7-5-13)21-10-12-3-8-16(23)17(9-12)24-2/h3-11,23H,1-2H3/b20-18?,21-10+. The van der Waals surface area contributed by atoms with E-state index in [0.29, 0.717) is 5.75 Å². The number of aromatic nitrogens is 1. The van der Waals surface area contributed by atoms with E-state index in [9.17, 15) is 5.11 Å². The molecule has 0 atom stereocenters. The Hall–Kier alpha value is -2.38. The Kier molecular flexibility index (Phi) is 5.35. The van der Waals surface area contributed by atoms with Gasteiger partial charge >= 0.3 is 0 Å². The Balaban J connectivity index is 2.02. The summed E-state index contributed by atoms with van der Waals surface area (Å²) in [5.41, 5.74) is 2.83. The first-order valence-electron chi connectivity index (χ1n) is 7.43. The van der Waals surface area contributed by atoms with Crippen molar-refractivity contribution < 1.29 is 9.84 Å². The second-order valence-corrected chi connectivity index (χ2v) is 6.87. The van der Waals surface area contributed by atoms with Gasteiger partial charge in [-0.1, -0.05) is 28.1 Å². The number of methoxy groups -OCH3 is 1. The van der Waals surface area contributed by atoms with E-state index in [1.807, 2.05) is 29.6 Å². The second-order valence-electron chi connectivity index (χ2n) is 5.12. The van der Waals surface area contributed by atoms with E-state index in [-0.39, 0.29) is 5.75 Å². The molecule has 1 aromatic heterocycles. The lowest BCUT2D eigenvalue weighted by Gasteiger charge is -2.05. The number of thiazole rings is 1. The number of hydrogen-bond donors (Lipinski definition) is 1. The minimum absolute atomic E-state index is 0.0997. The minimum atomic E-state index is 0.0997. The number of rotatable bonds is 4. The molecule has 3 aromatic rings. The molecule has 0 aliphatic heterocycles. The quantitative estimate of drug-likeness (QED) is 0.649. The Morgan fingerprint density at radius 3 is 2.64 bits per heavy atom. The summed E-state index contributed by atoms with van der Waals surface area (Å²) in [6, 6.07) is 13.1. The van der Waals surface area contributed by atoms with Crippen molar-refractivity contribution in [2.24, 2.45) is 10.1 Å². The van der Waals surface area contributed by atoms with Gasteiger partial charge in [-0.25, -0.2) is 4.68 Å². The molecule has 0 aliphatic rings. The highest BCUT2D eigenvalue weighted by molar-refractivity contribution is 9.10. The monoisotopic (exact) mass is 417 g/mol. The van der Waals surface area contributed by atoms with Gasteiger partial charge in [0.2, 0.25) is 4.80 Å². The molecule has 0 amide bonds. The lowest BCUT2D eigenvalue weighted by molar-refractivity contribution is 0.373. The molecule has 5 nitrogen and oxygen atoms in total. The molecule has 2 aromatic carbocycles. The first-order chi connectivity index (χ1) is 12.1. The summed E-state index contributed by atoms with van der Waals surface area (Å²) in [6.07, 6.45) is 1.71. The van der Waals surface area contributed by atoms with Crippen LogP contribution in [0.3, 0.4) is 0 Å². The number of ether oxygens (including phenoxy) is 1. The van der Waals surface area contributed by atoms with E-state index in [2.05, 4.69) is 26.0 Å². The van der Waals surface area contributed by atoms with Crippen LogP contribution in [0.1, 0.15) is 5.56 Å². The molecule has 0 saturated carbocycles. The summed E-state index contributed by atoms with van der Waals surface area (Å²) in [5, 5.41) is 16.3. The van der Waals surface area contributed by atoms with E-state index in [1.165, 1.54) is 18.4 Å². The molecular weight excluding hydrogens is 402 g/mol. The van der Waals surface area contributed by atoms with Gasteiger partial charge in [-0.05, 0) is 35.9 Å². The van der Waals surface area contributed by atoms with Crippen LogP contribution in [-0.4, -0.2) is 30.2 Å². The topological polar surface area (TPSA) is 59.1 Å². The molecule has 25 heavy (non-hydrogen) atoms. The van der Waals surface area contributed by atoms with Crippen LogP contribution in [0.2, 0.25) is 0 Å². The molecule has 0 radical (unpaired) electrons. The van der Waals surface area contributed by atoms with Gasteiger partial charge in [0.1, 0.15) is 0 Å². The summed E-state index contributed by atoms with van der Waals surface area (Å²) in [5.74, 6) is 0.510. The maximum Gasteiger partial charge on any atom is 0.205 e. The summed E-state index contributed by atoms with van der Waals surface area (Å²) >= 11 is 4.98. The fourth-order valence-electron chi connectivity index (χ4n) is 2.28. The number of phenols is 1. The minimum Gasteiger partial charge on any atom is -0.504 e. The molecule has 0 aliphatic carbocycles. The number of nitrogens with zero attached hydrogens (tertiary/aromatic N) is 3. The molecule has 128 valence electrons. The Morgan fingerprint density at radius 1 is 1.20 bits per heavy atom. The maximum absolute atomic E-state index is 9.69. The van der Waals surface area contributed by atoms with Crippen molar-refractivity contribution in [3.63, 3.8) is 0 Å². The maximum atomic E-state index is 9.69. The van der Waals surface area contributed by atoms with Gasteiger partial charge in [0.25, 0.3) is 0 Å². The third-order valence-electron chi connectivity index (χ3n) is 3.54. The summed E-state index contributed by atoms with van der Waals surface area (Å²) in [4.78, 5) is 5.08. The zero-order valence-corrected chi connectivity index (χ0v) is 16.1. The van der Waals surface area contributed by atoms with E-state index in [0.717, 1.165) is 26.1 Å². The van der Waals surface area contributed by atoms with Crippen LogP contribution < -0.4 is 9.54 Å². The highest BCUT2D eigenvalue weighted by Gasteiger charge is 2.07. The van der Waals surface area contributed by atoms with Gasteiger partial charge in [-0.15, -0.1) is 11.3 Å². The molecule has 7 heteroatoms. The SMILES string of the molecule is CN=c1scc(-c2ccc(Br)cc2)n1/N=C/c1ccc(O)c(OC)c1. The summed E-state index contributed by atoms with van der Waals surface area (Å²) < 4.78 is 7.96. The van der Waals surface area contributed by atoms with Gasteiger partial charge in [-0.2, -0.15) is 5.10 Å². The lowest BCUT2D eigenvalue weighted by atomic mass is 10.2. The largest absolute Gasteiger partial charge is 0.504 e. The Bertz CT molecular complexity index is 975.